The van der Waals surface area contributed by atoms with Gasteiger partial charge in [-0.05, 0) is 62.0 Å². The van der Waals surface area contributed by atoms with Gasteiger partial charge in [0.05, 0.1) is 33.2 Å². The predicted molar refractivity (Wildman–Crippen MR) is 158 cm³/mol. The van der Waals surface area contributed by atoms with E-state index < -0.39 is 16.1 Å². The Labute approximate surface area is 245 Å². The van der Waals surface area contributed by atoms with Crippen LogP contribution in [-0.2, 0) is 16.6 Å². The molecular weight excluding hydrogens is 573 g/mol. The first-order valence-corrected chi connectivity index (χ1v) is 15.1. The Kier molecular flexibility index (Phi) is 9.64. The van der Waals surface area contributed by atoms with Gasteiger partial charge in [0.25, 0.3) is 15.9 Å². The molecule has 3 atom stereocenters. The number of anilines is 1. The lowest BCUT2D eigenvalue weighted by Gasteiger charge is -2.38. The summed E-state index contributed by atoms with van der Waals surface area (Å²) in [6.45, 7) is 5.07. The highest BCUT2D eigenvalue weighted by atomic mass is 35.5. The van der Waals surface area contributed by atoms with Gasteiger partial charge in [0.1, 0.15) is 11.9 Å². The number of fused-ring (bicyclic) bond motifs is 1. The van der Waals surface area contributed by atoms with Crippen LogP contribution in [0.5, 0.6) is 5.75 Å². The summed E-state index contributed by atoms with van der Waals surface area (Å²) in [7, 11) is -1.89. The van der Waals surface area contributed by atoms with Crippen molar-refractivity contribution in [2.24, 2.45) is 5.92 Å². The number of sulfonamides is 1. The van der Waals surface area contributed by atoms with E-state index in [1.807, 2.05) is 26.1 Å². The Balaban J connectivity index is 1.62. The number of carbonyl (C=O) groups excluding carboxylic acids is 1. The SMILES string of the molecule is C[C@H](CO)N1C[C@H](C)[C@@H](CN(C)Cc2ccc(Cl)c(Cl)c2)Oc2ccc(NS(=O)(=O)c3ccccc3)cc2C1=O. The van der Waals surface area contributed by atoms with Crippen LogP contribution in [0.2, 0.25) is 10.0 Å². The van der Waals surface area contributed by atoms with Crippen molar-refractivity contribution in [1.82, 2.24) is 9.80 Å². The third-order valence-electron chi connectivity index (χ3n) is 6.90. The van der Waals surface area contributed by atoms with E-state index >= 15 is 0 Å². The summed E-state index contributed by atoms with van der Waals surface area (Å²) in [5.74, 6) is -0.0623. The molecule has 1 amide bonds. The monoisotopic (exact) mass is 605 g/mol. The minimum Gasteiger partial charge on any atom is -0.488 e. The molecule has 11 heteroatoms. The second-order valence-electron chi connectivity index (χ2n) is 10.2. The van der Waals surface area contributed by atoms with Crippen molar-refractivity contribution in [3.63, 3.8) is 0 Å². The molecule has 40 heavy (non-hydrogen) atoms. The van der Waals surface area contributed by atoms with Crippen molar-refractivity contribution in [2.75, 3.05) is 31.5 Å². The number of hydrogen-bond donors (Lipinski definition) is 2. The Bertz CT molecular complexity index is 1460. The third kappa shape index (κ3) is 7.08. The second kappa shape index (κ2) is 12.8. The molecule has 0 bridgehead atoms. The summed E-state index contributed by atoms with van der Waals surface area (Å²) in [5, 5.41) is 10.9. The smallest absolute Gasteiger partial charge is 0.261 e. The van der Waals surface area contributed by atoms with Gasteiger partial charge in [0.15, 0.2) is 0 Å². The first-order chi connectivity index (χ1) is 19.0. The zero-order chi connectivity index (χ0) is 29.0. The van der Waals surface area contributed by atoms with E-state index in [-0.39, 0.29) is 40.7 Å². The number of rotatable bonds is 9. The van der Waals surface area contributed by atoms with Crippen molar-refractivity contribution in [3.05, 3.63) is 87.9 Å². The maximum absolute atomic E-state index is 13.7. The number of amides is 1. The zero-order valence-corrected chi connectivity index (χ0v) is 24.9. The van der Waals surface area contributed by atoms with Crippen LogP contribution in [0.15, 0.2) is 71.6 Å². The number of nitrogens with zero attached hydrogens (tertiary/aromatic N) is 2. The van der Waals surface area contributed by atoms with Gasteiger partial charge in [0.2, 0.25) is 0 Å². The van der Waals surface area contributed by atoms with E-state index in [0.29, 0.717) is 35.4 Å². The molecule has 0 spiro atoms. The fourth-order valence-electron chi connectivity index (χ4n) is 4.64. The summed E-state index contributed by atoms with van der Waals surface area (Å²) in [4.78, 5) is 17.5. The van der Waals surface area contributed by atoms with Gasteiger partial charge in [-0.1, -0.05) is 54.4 Å². The van der Waals surface area contributed by atoms with Crippen LogP contribution in [0.25, 0.3) is 0 Å². The number of aliphatic hydroxyl groups is 1. The minimum absolute atomic E-state index is 0.0707. The molecule has 3 aromatic rings. The van der Waals surface area contributed by atoms with Crippen LogP contribution < -0.4 is 9.46 Å². The van der Waals surface area contributed by atoms with Gasteiger partial charge in [-0.2, -0.15) is 0 Å². The van der Waals surface area contributed by atoms with Crippen molar-refractivity contribution in [1.29, 1.82) is 0 Å². The van der Waals surface area contributed by atoms with Crippen LogP contribution in [0.3, 0.4) is 0 Å². The lowest BCUT2D eigenvalue weighted by atomic mass is 9.99. The van der Waals surface area contributed by atoms with Gasteiger partial charge >= 0.3 is 0 Å². The number of hydrogen-bond acceptors (Lipinski definition) is 6. The molecule has 0 fully saturated rings. The summed E-state index contributed by atoms with van der Waals surface area (Å²) in [6.07, 6.45) is -0.306. The quantitative estimate of drug-likeness (QED) is 0.350. The zero-order valence-electron chi connectivity index (χ0n) is 22.6. The van der Waals surface area contributed by atoms with Crippen LogP contribution in [-0.4, -0.2) is 68.1 Å². The van der Waals surface area contributed by atoms with Crippen molar-refractivity contribution >= 4 is 44.8 Å². The molecule has 0 unspecified atom stereocenters. The normalized spacial score (nSPS) is 18.5. The molecule has 0 aliphatic carbocycles. The van der Waals surface area contributed by atoms with Crippen LogP contribution in [0.1, 0.15) is 29.8 Å². The molecule has 8 nitrogen and oxygen atoms in total. The molecule has 3 aromatic carbocycles. The van der Waals surface area contributed by atoms with Gasteiger partial charge in [0, 0.05) is 31.2 Å². The lowest BCUT2D eigenvalue weighted by molar-refractivity contribution is 0.0341. The highest BCUT2D eigenvalue weighted by Crippen LogP contribution is 2.32. The highest BCUT2D eigenvalue weighted by molar-refractivity contribution is 7.92. The fraction of sp³-hybridized carbons (Fsp3) is 0.345. The Morgan fingerprint density at radius 2 is 1.82 bits per heavy atom. The largest absolute Gasteiger partial charge is 0.488 e. The van der Waals surface area contributed by atoms with Gasteiger partial charge < -0.3 is 14.7 Å². The molecule has 2 N–H and O–H groups in total. The van der Waals surface area contributed by atoms with E-state index in [4.69, 9.17) is 27.9 Å². The number of halogens is 2. The number of benzene rings is 3. The summed E-state index contributed by atoms with van der Waals surface area (Å²) >= 11 is 12.3. The summed E-state index contributed by atoms with van der Waals surface area (Å²) in [5.41, 5.74) is 1.45. The van der Waals surface area contributed by atoms with Gasteiger partial charge in [-0.25, -0.2) is 8.42 Å². The number of aliphatic hydroxyl groups excluding tert-OH is 1. The van der Waals surface area contributed by atoms with Crippen LogP contribution >= 0.6 is 23.2 Å². The van der Waals surface area contributed by atoms with Crippen molar-refractivity contribution < 1.29 is 23.1 Å². The maximum atomic E-state index is 13.7. The number of likely N-dealkylation sites (N-methyl/N-ethyl adjacent to an activating group) is 1. The van der Waals surface area contributed by atoms with E-state index in [9.17, 15) is 18.3 Å². The average molecular weight is 607 g/mol. The highest BCUT2D eigenvalue weighted by Gasteiger charge is 2.33. The third-order valence-corrected chi connectivity index (χ3v) is 9.03. The maximum Gasteiger partial charge on any atom is 0.261 e. The Morgan fingerprint density at radius 1 is 1.10 bits per heavy atom. The topological polar surface area (TPSA) is 99.2 Å². The van der Waals surface area contributed by atoms with E-state index in [1.54, 1.807) is 48.2 Å². The first kappa shape index (κ1) is 30.1. The van der Waals surface area contributed by atoms with Gasteiger partial charge in [-0.3, -0.25) is 14.4 Å². The molecule has 0 saturated heterocycles. The molecular formula is C29H33Cl2N3O5S. The Hall–Kier alpha value is -2.82. The molecule has 4 rings (SSSR count). The predicted octanol–water partition coefficient (Wildman–Crippen LogP) is 5.15. The molecule has 0 saturated carbocycles. The van der Waals surface area contributed by atoms with Crippen LogP contribution in [0.4, 0.5) is 5.69 Å². The summed E-state index contributed by atoms with van der Waals surface area (Å²) < 4.78 is 34.8. The standard InChI is InChI=1S/C29H33Cl2N3O5S/c1-19-15-34(20(2)18-35)29(36)24-14-22(32-40(37,38)23-7-5-4-6-8-23)10-12-27(24)39-28(19)17-33(3)16-21-9-11-25(30)26(31)13-21/h4-14,19-20,28,32,35H,15-18H2,1-3H3/t19-,20+,28+/m0/s1. The van der Waals surface area contributed by atoms with E-state index in [2.05, 4.69) is 9.62 Å². The average Bonchev–Trinajstić information content (AvgIpc) is 2.93. The van der Waals surface area contributed by atoms with Gasteiger partial charge in [-0.15, -0.1) is 0 Å². The summed E-state index contributed by atoms with van der Waals surface area (Å²) in [6, 6.07) is 17.8. The van der Waals surface area contributed by atoms with Crippen molar-refractivity contribution in [3.8, 4) is 5.75 Å². The first-order valence-electron chi connectivity index (χ1n) is 12.9. The van der Waals surface area contributed by atoms with Crippen molar-refractivity contribution in [2.45, 2.75) is 37.4 Å². The molecule has 1 aliphatic rings. The lowest BCUT2D eigenvalue weighted by Crippen LogP contribution is -2.49. The molecule has 0 aromatic heterocycles. The molecule has 214 valence electrons. The molecule has 1 heterocycles. The fourth-order valence-corrected chi connectivity index (χ4v) is 6.03. The van der Waals surface area contributed by atoms with E-state index in [0.717, 1.165) is 5.56 Å². The number of carbonyl (C=O) groups is 1. The van der Waals surface area contributed by atoms with Crippen LogP contribution in [0, 0.1) is 5.92 Å². The molecule has 1 aliphatic heterocycles. The Morgan fingerprint density at radius 3 is 2.50 bits per heavy atom. The van der Waals surface area contributed by atoms with E-state index in [1.165, 1.54) is 18.2 Å². The number of ether oxygens (including phenoxy) is 1. The second-order valence-corrected chi connectivity index (χ2v) is 12.7. The number of nitrogens with one attached hydrogen (secondary N) is 1. The molecule has 0 radical (unpaired) electrons. The minimum atomic E-state index is -3.86.